The Bertz CT molecular complexity index is 766. The van der Waals surface area contributed by atoms with Gasteiger partial charge in [0, 0.05) is 38.9 Å². The lowest BCUT2D eigenvalue weighted by molar-refractivity contribution is -0.133. The average molecular weight is 366 g/mol. The topological polar surface area (TPSA) is 26.8 Å². The Hall–Kier alpha value is -2.33. The zero-order valence-electron chi connectivity index (χ0n) is 17.0. The number of hydrogen-bond donors (Lipinski definition) is 0. The van der Waals surface area contributed by atoms with Gasteiger partial charge in [-0.05, 0) is 43.5 Å². The van der Waals surface area contributed by atoms with Crippen LogP contribution in [0.1, 0.15) is 29.7 Å². The molecule has 1 aliphatic rings. The SMILES string of the molecule is Cc1cccc(N2CCN(CC(=O)N(C)[C@H](C)c3ccccc3)CC2)c1C. The molecule has 1 amide bonds. The highest BCUT2D eigenvalue weighted by Gasteiger charge is 2.23. The molecule has 144 valence electrons. The van der Waals surface area contributed by atoms with Crippen molar-refractivity contribution in [1.82, 2.24) is 9.80 Å². The zero-order valence-corrected chi connectivity index (χ0v) is 17.0. The second kappa shape index (κ2) is 8.57. The molecule has 1 atom stereocenters. The number of hydrogen-bond acceptors (Lipinski definition) is 3. The average Bonchev–Trinajstić information content (AvgIpc) is 2.70. The van der Waals surface area contributed by atoms with Gasteiger partial charge in [0.1, 0.15) is 0 Å². The molecule has 4 heteroatoms. The van der Waals surface area contributed by atoms with Crippen LogP contribution in [0, 0.1) is 13.8 Å². The predicted molar refractivity (Wildman–Crippen MR) is 112 cm³/mol. The van der Waals surface area contributed by atoms with Crippen LogP contribution in [-0.4, -0.2) is 55.5 Å². The van der Waals surface area contributed by atoms with Crippen molar-refractivity contribution < 1.29 is 4.79 Å². The van der Waals surface area contributed by atoms with Crippen LogP contribution in [-0.2, 0) is 4.79 Å². The summed E-state index contributed by atoms with van der Waals surface area (Å²) in [6, 6.07) is 16.8. The molecule has 0 aromatic heterocycles. The van der Waals surface area contributed by atoms with E-state index in [0.29, 0.717) is 6.54 Å². The van der Waals surface area contributed by atoms with Gasteiger partial charge in [-0.15, -0.1) is 0 Å². The van der Waals surface area contributed by atoms with E-state index in [1.165, 1.54) is 22.4 Å². The fourth-order valence-corrected chi connectivity index (χ4v) is 3.70. The van der Waals surface area contributed by atoms with E-state index in [2.05, 4.69) is 60.9 Å². The van der Waals surface area contributed by atoms with Crippen LogP contribution >= 0.6 is 0 Å². The van der Waals surface area contributed by atoms with E-state index < -0.39 is 0 Å². The highest BCUT2D eigenvalue weighted by atomic mass is 16.2. The molecule has 0 radical (unpaired) electrons. The van der Waals surface area contributed by atoms with Crippen LogP contribution in [0.5, 0.6) is 0 Å². The van der Waals surface area contributed by atoms with Crippen molar-refractivity contribution in [2.45, 2.75) is 26.8 Å². The van der Waals surface area contributed by atoms with E-state index in [0.717, 1.165) is 26.2 Å². The van der Waals surface area contributed by atoms with Gasteiger partial charge >= 0.3 is 0 Å². The molecule has 2 aromatic carbocycles. The Kier molecular flexibility index (Phi) is 6.17. The van der Waals surface area contributed by atoms with E-state index in [4.69, 9.17) is 0 Å². The molecule has 1 aliphatic heterocycles. The molecule has 0 unspecified atom stereocenters. The first kappa shape index (κ1) is 19.4. The maximum atomic E-state index is 12.7. The van der Waals surface area contributed by atoms with Crippen molar-refractivity contribution in [3.8, 4) is 0 Å². The Balaban J connectivity index is 1.54. The summed E-state index contributed by atoms with van der Waals surface area (Å²) in [5.74, 6) is 0.187. The molecule has 1 fully saturated rings. The number of anilines is 1. The molecule has 0 aliphatic carbocycles. The quantitative estimate of drug-likeness (QED) is 0.809. The van der Waals surface area contributed by atoms with Gasteiger partial charge in [-0.3, -0.25) is 9.69 Å². The predicted octanol–water partition coefficient (Wildman–Crippen LogP) is 3.65. The fourth-order valence-electron chi connectivity index (χ4n) is 3.70. The van der Waals surface area contributed by atoms with Crippen LogP contribution in [0.25, 0.3) is 0 Å². The van der Waals surface area contributed by atoms with E-state index in [-0.39, 0.29) is 11.9 Å². The van der Waals surface area contributed by atoms with Crippen molar-refractivity contribution in [1.29, 1.82) is 0 Å². The summed E-state index contributed by atoms with van der Waals surface area (Å²) in [6.07, 6.45) is 0. The number of carbonyl (C=O) groups excluding carboxylic acids is 1. The van der Waals surface area contributed by atoms with Gasteiger partial charge in [-0.2, -0.15) is 0 Å². The van der Waals surface area contributed by atoms with Crippen LogP contribution < -0.4 is 4.90 Å². The molecule has 0 bridgehead atoms. The Morgan fingerprint density at radius 3 is 2.33 bits per heavy atom. The lowest BCUT2D eigenvalue weighted by Gasteiger charge is -2.37. The van der Waals surface area contributed by atoms with Crippen molar-refractivity contribution in [2.24, 2.45) is 0 Å². The van der Waals surface area contributed by atoms with Crippen molar-refractivity contribution in [3.05, 3.63) is 65.2 Å². The number of piperazine rings is 1. The van der Waals surface area contributed by atoms with Gasteiger partial charge in [-0.25, -0.2) is 0 Å². The van der Waals surface area contributed by atoms with Gasteiger partial charge in [-0.1, -0.05) is 42.5 Å². The number of aryl methyl sites for hydroxylation is 1. The molecule has 4 nitrogen and oxygen atoms in total. The van der Waals surface area contributed by atoms with Crippen molar-refractivity contribution in [3.63, 3.8) is 0 Å². The largest absolute Gasteiger partial charge is 0.369 e. The highest BCUT2D eigenvalue weighted by Crippen LogP contribution is 2.24. The summed E-state index contributed by atoms with van der Waals surface area (Å²) in [7, 11) is 1.91. The highest BCUT2D eigenvalue weighted by molar-refractivity contribution is 5.78. The molecule has 0 saturated carbocycles. The third kappa shape index (κ3) is 4.51. The van der Waals surface area contributed by atoms with E-state index in [1.807, 2.05) is 30.1 Å². The minimum Gasteiger partial charge on any atom is -0.369 e. The molecule has 1 heterocycles. The van der Waals surface area contributed by atoms with Crippen LogP contribution in [0.15, 0.2) is 48.5 Å². The second-order valence-electron chi connectivity index (χ2n) is 7.57. The minimum atomic E-state index is 0.0925. The van der Waals surface area contributed by atoms with Crippen molar-refractivity contribution >= 4 is 11.6 Å². The summed E-state index contributed by atoms with van der Waals surface area (Å²) in [4.78, 5) is 19.3. The monoisotopic (exact) mass is 365 g/mol. The number of nitrogens with zero attached hydrogens (tertiary/aromatic N) is 3. The summed E-state index contributed by atoms with van der Waals surface area (Å²) in [6.45, 7) is 10.7. The van der Waals surface area contributed by atoms with Gasteiger partial charge in [0.25, 0.3) is 0 Å². The third-order valence-electron chi connectivity index (χ3n) is 5.90. The molecule has 1 saturated heterocycles. The Morgan fingerprint density at radius 2 is 1.67 bits per heavy atom. The first-order valence-corrected chi connectivity index (χ1v) is 9.81. The summed E-state index contributed by atoms with van der Waals surface area (Å²) in [5.41, 5.74) is 5.20. The van der Waals surface area contributed by atoms with Crippen LogP contribution in [0.3, 0.4) is 0 Å². The smallest absolute Gasteiger partial charge is 0.236 e. The first-order valence-electron chi connectivity index (χ1n) is 9.81. The summed E-state index contributed by atoms with van der Waals surface area (Å²) in [5, 5.41) is 0. The maximum Gasteiger partial charge on any atom is 0.236 e. The van der Waals surface area contributed by atoms with Gasteiger partial charge < -0.3 is 9.80 Å². The van der Waals surface area contributed by atoms with E-state index in [1.54, 1.807) is 0 Å². The Labute approximate surface area is 163 Å². The minimum absolute atomic E-state index is 0.0925. The Morgan fingerprint density at radius 1 is 1.00 bits per heavy atom. The number of carbonyl (C=O) groups is 1. The lowest BCUT2D eigenvalue weighted by atomic mass is 10.1. The van der Waals surface area contributed by atoms with Crippen LogP contribution in [0.4, 0.5) is 5.69 Å². The summed E-state index contributed by atoms with van der Waals surface area (Å²) >= 11 is 0. The normalized spacial score (nSPS) is 16.2. The second-order valence-corrected chi connectivity index (χ2v) is 7.57. The van der Waals surface area contributed by atoms with E-state index in [9.17, 15) is 4.79 Å². The molecule has 27 heavy (non-hydrogen) atoms. The summed E-state index contributed by atoms with van der Waals surface area (Å²) < 4.78 is 0. The molecule has 0 spiro atoms. The van der Waals surface area contributed by atoms with Gasteiger partial charge in [0.05, 0.1) is 12.6 Å². The molecule has 2 aromatic rings. The number of rotatable bonds is 5. The van der Waals surface area contributed by atoms with E-state index >= 15 is 0 Å². The third-order valence-corrected chi connectivity index (χ3v) is 5.90. The zero-order chi connectivity index (χ0) is 19.4. The molecule has 3 rings (SSSR count). The van der Waals surface area contributed by atoms with Gasteiger partial charge in [0.2, 0.25) is 5.91 Å². The molecular weight excluding hydrogens is 334 g/mol. The van der Waals surface area contributed by atoms with Crippen molar-refractivity contribution in [2.75, 3.05) is 44.7 Å². The number of amides is 1. The number of likely N-dealkylation sites (N-methyl/N-ethyl adjacent to an activating group) is 1. The number of benzene rings is 2. The first-order chi connectivity index (χ1) is 13.0. The molecular formula is C23H31N3O. The van der Waals surface area contributed by atoms with Crippen LogP contribution in [0.2, 0.25) is 0 Å². The molecule has 0 N–H and O–H groups in total. The maximum absolute atomic E-state index is 12.7. The fraction of sp³-hybridized carbons (Fsp3) is 0.435. The standard InChI is InChI=1S/C23H31N3O/c1-18-9-8-12-22(19(18)2)26-15-13-25(14-16-26)17-23(27)24(4)20(3)21-10-6-5-7-11-21/h5-12,20H,13-17H2,1-4H3/t20-/m1/s1. The lowest BCUT2D eigenvalue weighted by Crippen LogP contribution is -2.50. The van der Waals surface area contributed by atoms with Gasteiger partial charge in [0.15, 0.2) is 0 Å².